The number of nitrogens with one attached hydrogen (secondary N) is 1. The number of anilines is 1. The molecular formula is C11H11NO3. The maximum Gasteiger partial charge on any atom is 0.225 e. The van der Waals surface area contributed by atoms with Gasteiger partial charge < -0.3 is 5.32 Å². The number of hydrogen-bond acceptors (Lipinski definition) is 3. The van der Waals surface area contributed by atoms with Crippen LogP contribution in [0.3, 0.4) is 0 Å². The van der Waals surface area contributed by atoms with Crippen molar-refractivity contribution >= 4 is 23.7 Å². The summed E-state index contributed by atoms with van der Waals surface area (Å²) in [4.78, 5) is 32.3. The Morgan fingerprint density at radius 1 is 1.33 bits per heavy atom. The van der Waals surface area contributed by atoms with E-state index >= 15 is 0 Å². The van der Waals surface area contributed by atoms with Gasteiger partial charge in [0.25, 0.3) is 0 Å². The molecule has 0 aliphatic carbocycles. The van der Waals surface area contributed by atoms with Gasteiger partial charge in [-0.15, -0.1) is 0 Å². The molecule has 0 aliphatic rings. The van der Waals surface area contributed by atoms with E-state index in [4.69, 9.17) is 0 Å². The summed E-state index contributed by atoms with van der Waals surface area (Å²) in [5.74, 6) is -0.803. The van der Waals surface area contributed by atoms with E-state index in [-0.39, 0.29) is 12.2 Å². The molecule has 0 bridgehead atoms. The van der Waals surface area contributed by atoms with Crippen LogP contribution < -0.4 is 5.32 Å². The molecular weight excluding hydrogens is 194 g/mol. The normalized spacial score (nSPS) is 9.47. The molecule has 0 fully saturated rings. The smallest absolute Gasteiger partial charge is 0.225 e. The van der Waals surface area contributed by atoms with Crippen molar-refractivity contribution in [2.24, 2.45) is 0 Å². The molecule has 1 amide bonds. The van der Waals surface area contributed by atoms with E-state index in [1.54, 1.807) is 19.1 Å². The monoisotopic (exact) mass is 205 g/mol. The minimum absolute atomic E-state index is 0.219. The lowest BCUT2D eigenvalue weighted by atomic mass is 10.0. The Labute approximate surface area is 87.3 Å². The van der Waals surface area contributed by atoms with E-state index in [9.17, 15) is 14.4 Å². The molecule has 4 nitrogen and oxygen atoms in total. The number of hydrogen-bond donors (Lipinski definition) is 1. The third kappa shape index (κ3) is 2.74. The lowest BCUT2D eigenvalue weighted by Crippen LogP contribution is -2.08. The maximum absolute atomic E-state index is 11.2. The Hall–Kier alpha value is -1.97. The van der Waals surface area contributed by atoms with Gasteiger partial charge in [-0.25, -0.2) is 0 Å². The number of rotatable bonds is 3. The molecule has 0 saturated carbocycles. The number of carbonyl (C=O) groups is 3. The molecule has 1 rings (SSSR count). The van der Waals surface area contributed by atoms with Gasteiger partial charge in [0.15, 0.2) is 6.29 Å². The van der Waals surface area contributed by atoms with Crippen LogP contribution in [0.2, 0.25) is 0 Å². The molecule has 0 unspecified atom stereocenters. The molecule has 0 heterocycles. The van der Waals surface area contributed by atoms with Crippen molar-refractivity contribution in [1.82, 2.24) is 0 Å². The molecule has 0 radical (unpaired) electrons. The zero-order chi connectivity index (χ0) is 11.4. The lowest BCUT2D eigenvalue weighted by molar-refractivity contribution is -0.114. The van der Waals surface area contributed by atoms with E-state index in [2.05, 4.69) is 5.32 Å². The summed E-state index contributed by atoms with van der Waals surface area (Å²) >= 11 is 0. The number of carbonyl (C=O) groups excluding carboxylic acids is 3. The van der Waals surface area contributed by atoms with Gasteiger partial charge in [0.2, 0.25) is 11.7 Å². The van der Waals surface area contributed by atoms with E-state index in [1.165, 1.54) is 13.0 Å². The summed E-state index contributed by atoms with van der Waals surface area (Å²) in [5.41, 5.74) is 1.54. The van der Waals surface area contributed by atoms with Crippen molar-refractivity contribution in [2.45, 2.75) is 13.8 Å². The first kappa shape index (κ1) is 11.1. The van der Waals surface area contributed by atoms with Gasteiger partial charge in [0, 0.05) is 18.2 Å². The quantitative estimate of drug-likeness (QED) is 0.460. The van der Waals surface area contributed by atoms with E-state index in [0.29, 0.717) is 16.8 Å². The molecule has 0 saturated heterocycles. The van der Waals surface area contributed by atoms with E-state index in [0.717, 1.165) is 0 Å². The molecule has 4 heteroatoms. The van der Waals surface area contributed by atoms with Crippen LogP contribution in [0.4, 0.5) is 5.69 Å². The predicted molar refractivity (Wildman–Crippen MR) is 55.9 cm³/mol. The Kier molecular flexibility index (Phi) is 3.33. The van der Waals surface area contributed by atoms with Gasteiger partial charge in [-0.1, -0.05) is 6.07 Å². The number of Topliss-reactive ketones (excluding diaryl/α,β-unsaturated/α-hetero) is 1. The third-order valence-electron chi connectivity index (χ3n) is 1.93. The number of benzene rings is 1. The average molecular weight is 205 g/mol. The van der Waals surface area contributed by atoms with Crippen molar-refractivity contribution in [3.8, 4) is 0 Å². The van der Waals surface area contributed by atoms with Crippen molar-refractivity contribution in [1.29, 1.82) is 0 Å². The fraction of sp³-hybridized carbons (Fsp3) is 0.182. The summed E-state index contributed by atoms with van der Waals surface area (Å²) in [5, 5.41) is 2.54. The second kappa shape index (κ2) is 4.50. The maximum atomic E-state index is 11.2. The molecule has 1 aromatic carbocycles. The minimum Gasteiger partial charge on any atom is -0.326 e. The van der Waals surface area contributed by atoms with Crippen LogP contribution in [0.5, 0.6) is 0 Å². The van der Waals surface area contributed by atoms with Crippen LogP contribution >= 0.6 is 0 Å². The Balaban J connectivity index is 3.10. The summed E-state index contributed by atoms with van der Waals surface area (Å²) < 4.78 is 0. The summed E-state index contributed by atoms with van der Waals surface area (Å²) in [7, 11) is 0. The highest BCUT2D eigenvalue weighted by molar-refractivity contribution is 6.33. The van der Waals surface area contributed by atoms with Crippen molar-refractivity contribution in [3.63, 3.8) is 0 Å². The third-order valence-corrected chi connectivity index (χ3v) is 1.93. The molecule has 1 N–H and O–H groups in total. The van der Waals surface area contributed by atoms with Gasteiger partial charge in [0.05, 0.1) is 0 Å². The number of ketones is 1. The zero-order valence-corrected chi connectivity index (χ0v) is 8.53. The molecule has 0 spiro atoms. The number of amides is 1. The van der Waals surface area contributed by atoms with Gasteiger partial charge in [-0.2, -0.15) is 0 Å². The zero-order valence-electron chi connectivity index (χ0n) is 8.53. The van der Waals surface area contributed by atoms with E-state index in [1.807, 2.05) is 0 Å². The summed E-state index contributed by atoms with van der Waals surface area (Å²) in [6.45, 7) is 3.11. The first-order valence-corrected chi connectivity index (χ1v) is 4.42. The average Bonchev–Trinajstić information content (AvgIpc) is 2.19. The second-order valence-corrected chi connectivity index (χ2v) is 3.19. The molecule has 0 aromatic heterocycles. The van der Waals surface area contributed by atoms with Crippen molar-refractivity contribution in [2.75, 3.05) is 5.32 Å². The Bertz CT molecular complexity index is 424. The topological polar surface area (TPSA) is 63.2 Å². The highest BCUT2D eigenvalue weighted by Crippen LogP contribution is 2.15. The van der Waals surface area contributed by atoms with Gasteiger partial charge in [-0.05, 0) is 24.6 Å². The van der Waals surface area contributed by atoms with Gasteiger partial charge in [0.1, 0.15) is 0 Å². The molecule has 15 heavy (non-hydrogen) atoms. The number of aryl methyl sites for hydroxylation is 1. The molecule has 0 aliphatic heterocycles. The first-order chi connectivity index (χ1) is 7.04. The second-order valence-electron chi connectivity index (χ2n) is 3.19. The fourth-order valence-corrected chi connectivity index (χ4v) is 1.23. The van der Waals surface area contributed by atoms with Crippen molar-refractivity contribution < 1.29 is 14.4 Å². The highest BCUT2D eigenvalue weighted by Gasteiger charge is 2.08. The van der Waals surface area contributed by atoms with Gasteiger partial charge in [-0.3, -0.25) is 14.4 Å². The highest BCUT2D eigenvalue weighted by atomic mass is 16.2. The molecule has 78 valence electrons. The van der Waals surface area contributed by atoms with Crippen molar-refractivity contribution in [3.05, 3.63) is 29.3 Å². The van der Waals surface area contributed by atoms with Crippen LogP contribution in [-0.2, 0) is 9.59 Å². The first-order valence-electron chi connectivity index (χ1n) is 4.42. The standard InChI is InChI=1S/C11H11NO3/c1-7-3-4-9(12-8(2)14)5-10(7)11(15)6-13/h3-6H,1-2H3,(H,12,14). The summed E-state index contributed by atoms with van der Waals surface area (Å²) in [6.07, 6.45) is 0.264. The number of aldehydes is 1. The van der Waals surface area contributed by atoms with Crippen LogP contribution in [0.1, 0.15) is 22.8 Å². The van der Waals surface area contributed by atoms with Crippen LogP contribution in [0, 0.1) is 6.92 Å². The minimum atomic E-state index is -0.584. The predicted octanol–water partition coefficient (Wildman–Crippen LogP) is 1.34. The van der Waals surface area contributed by atoms with Crippen LogP contribution in [-0.4, -0.2) is 18.0 Å². The SMILES string of the molecule is CC(=O)Nc1ccc(C)c(C(=O)C=O)c1. The van der Waals surface area contributed by atoms with Crippen LogP contribution in [0.25, 0.3) is 0 Å². The fourth-order valence-electron chi connectivity index (χ4n) is 1.23. The Morgan fingerprint density at radius 2 is 2.00 bits per heavy atom. The van der Waals surface area contributed by atoms with Crippen LogP contribution in [0.15, 0.2) is 18.2 Å². The largest absolute Gasteiger partial charge is 0.326 e. The van der Waals surface area contributed by atoms with Gasteiger partial charge >= 0.3 is 0 Å². The molecule has 1 aromatic rings. The molecule has 0 atom stereocenters. The van der Waals surface area contributed by atoms with E-state index < -0.39 is 5.78 Å². The Morgan fingerprint density at radius 3 is 2.53 bits per heavy atom. The summed E-state index contributed by atoms with van der Waals surface area (Å²) in [6, 6.07) is 4.85. The lowest BCUT2D eigenvalue weighted by Gasteiger charge is -2.05.